The predicted molar refractivity (Wildman–Crippen MR) is 69.3 cm³/mol. The number of aryl methyl sites for hydroxylation is 1. The van der Waals surface area contributed by atoms with Gasteiger partial charge in [0.15, 0.2) is 6.29 Å². The van der Waals surface area contributed by atoms with Gasteiger partial charge in [-0.05, 0) is 18.2 Å². The lowest BCUT2D eigenvalue weighted by Crippen LogP contribution is -1.93. The van der Waals surface area contributed by atoms with E-state index in [1.54, 1.807) is 6.20 Å². The highest BCUT2D eigenvalue weighted by Gasteiger charge is 2.13. The van der Waals surface area contributed by atoms with Gasteiger partial charge in [-0.1, -0.05) is 18.2 Å². The first-order valence-electron chi connectivity index (χ1n) is 5.63. The predicted octanol–water partition coefficient (Wildman–Crippen LogP) is 2.45. The molecule has 4 heteroatoms. The van der Waals surface area contributed by atoms with E-state index < -0.39 is 0 Å². The van der Waals surface area contributed by atoms with Crippen LogP contribution in [0.2, 0.25) is 0 Å². The minimum Gasteiger partial charge on any atom is -0.296 e. The van der Waals surface area contributed by atoms with Crippen molar-refractivity contribution in [2.75, 3.05) is 0 Å². The first-order valence-corrected chi connectivity index (χ1v) is 5.63. The van der Waals surface area contributed by atoms with Crippen LogP contribution in [-0.2, 0) is 7.05 Å². The zero-order valence-corrected chi connectivity index (χ0v) is 9.87. The van der Waals surface area contributed by atoms with Crippen molar-refractivity contribution in [3.8, 4) is 11.3 Å². The Bertz CT molecular complexity index is 731. The van der Waals surface area contributed by atoms with Gasteiger partial charge in [-0.3, -0.25) is 14.5 Å². The smallest absolute Gasteiger partial charge is 0.169 e. The van der Waals surface area contributed by atoms with Gasteiger partial charge in [0.1, 0.15) is 11.4 Å². The monoisotopic (exact) mass is 237 g/mol. The molecule has 0 aliphatic carbocycles. The number of benzene rings is 1. The number of aldehydes is 1. The second kappa shape index (κ2) is 4.07. The van der Waals surface area contributed by atoms with E-state index in [9.17, 15) is 4.79 Å². The summed E-state index contributed by atoms with van der Waals surface area (Å²) in [6, 6.07) is 11.6. The molecule has 0 bridgehead atoms. The quantitative estimate of drug-likeness (QED) is 0.643. The lowest BCUT2D eigenvalue weighted by molar-refractivity contribution is 0.111. The van der Waals surface area contributed by atoms with Crippen molar-refractivity contribution >= 4 is 17.2 Å². The summed E-state index contributed by atoms with van der Waals surface area (Å²) in [5, 5.41) is 5.51. The van der Waals surface area contributed by atoms with Gasteiger partial charge in [-0.2, -0.15) is 5.10 Å². The molecule has 0 saturated carbocycles. The van der Waals surface area contributed by atoms with Crippen molar-refractivity contribution < 1.29 is 4.79 Å². The molecule has 3 aromatic rings. The van der Waals surface area contributed by atoms with Gasteiger partial charge < -0.3 is 0 Å². The van der Waals surface area contributed by atoms with E-state index in [0.717, 1.165) is 28.4 Å². The summed E-state index contributed by atoms with van der Waals surface area (Å²) in [4.78, 5) is 15.1. The van der Waals surface area contributed by atoms with Crippen molar-refractivity contribution in [3.63, 3.8) is 0 Å². The Morgan fingerprint density at radius 2 is 2.00 bits per heavy atom. The molecule has 0 aliphatic heterocycles. The summed E-state index contributed by atoms with van der Waals surface area (Å²) >= 11 is 0. The molecule has 18 heavy (non-hydrogen) atoms. The average molecular weight is 237 g/mol. The summed E-state index contributed by atoms with van der Waals surface area (Å²) in [7, 11) is 1.89. The molecule has 2 heterocycles. The molecule has 4 nitrogen and oxygen atoms in total. The third kappa shape index (κ3) is 1.50. The number of hydrogen-bond donors (Lipinski definition) is 0. The first-order chi connectivity index (χ1) is 8.81. The Morgan fingerprint density at radius 3 is 2.83 bits per heavy atom. The van der Waals surface area contributed by atoms with E-state index in [1.807, 2.05) is 48.1 Å². The van der Waals surface area contributed by atoms with Gasteiger partial charge >= 0.3 is 0 Å². The molecule has 0 spiro atoms. The van der Waals surface area contributed by atoms with E-state index in [1.165, 1.54) is 0 Å². The minimum absolute atomic E-state index is 0.418. The molecule has 0 N–H and O–H groups in total. The summed E-state index contributed by atoms with van der Waals surface area (Å²) in [6.45, 7) is 0. The van der Waals surface area contributed by atoms with Crippen LogP contribution in [0.5, 0.6) is 0 Å². The van der Waals surface area contributed by atoms with Crippen molar-refractivity contribution in [3.05, 3.63) is 48.3 Å². The third-order valence-corrected chi connectivity index (χ3v) is 2.96. The summed E-state index contributed by atoms with van der Waals surface area (Å²) in [6.07, 6.45) is 2.37. The number of carbonyl (C=O) groups is 1. The zero-order chi connectivity index (χ0) is 12.5. The number of rotatable bonds is 2. The van der Waals surface area contributed by atoms with E-state index in [2.05, 4.69) is 10.1 Å². The Morgan fingerprint density at radius 1 is 1.17 bits per heavy atom. The van der Waals surface area contributed by atoms with E-state index >= 15 is 0 Å². The molecular formula is C14H11N3O. The second-order valence-corrected chi connectivity index (χ2v) is 4.04. The standard InChI is InChI=1S/C14H11N3O/c1-17-13-7-3-2-5-11(13)14(16-17)10-6-4-8-15-12(10)9-18/h2-9H,1H3. The SMILES string of the molecule is Cn1nc(-c2cccnc2C=O)c2ccccc21. The van der Waals surface area contributed by atoms with Crippen LogP contribution in [0.3, 0.4) is 0 Å². The summed E-state index contributed by atoms with van der Waals surface area (Å²) in [5.74, 6) is 0. The highest BCUT2D eigenvalue weighted by Crippen LogP contribution is 2.28. The maximum Gasteiger partial charge on any atom is 0.169 e. The molecule has 0 saturated heterocycles. The molecule has 0 atom stereocenters. The van der Waals surface area contributed by atoms with Crippen LogP contribution in [-0.4, -0.2) is 21.1 Å². The summed E-state index contributed by atoms with van der Waals surface area (Å²) in [5.41, 5.74) is 3.02. The highest BCUT2D eigenvalue weighted by atomic mass is 16.1. The average Bonchev–Trinajstić information content (AvgIpc) is 2.77. The lowest BCUT2D eigenvalue weighted by atomic mass is 10.1. The van der Waals surface area contributed by atoms with Gasteiger partial charge in [0.2, 0.25) is 0 Å². The largest absolute Gasteiger partial charge is 0.296 e. The van der Waals surface area contributed by atoms with Gasteiger partial charge in [-0.25, -0.2) is 0 Å². The second-order valence-electron chi connectivity index (χ2n) is 4.04. The van der Waals surface area contributed by atoms with Crippen molar-refractivity contribution in [1.29, 1.82) is 0 Å². The van der Waals surface area contributed by atoms with E-state index in [4.69, 9.17) is 0 Å². The third-order valence-electron chi connectivity index (χ3n) is 2.96. The zero-order valence-electron chi connectivity index (χ0n) is 9.87. The molecule has 88 valence electrons. The van der Waals surface area contributed by atoms with Crippen LogP contribution in [0.4, 0.5) is 0 Å². The van der Waals surface area contributed by atoms with Gasteiger partial charge in [0, 0.05) is 24.2 Å². The van der Waals surface area contributed by atoms with Gasteiger partial charge in [0.25, 0.3) is 0 Å². The number of fused-ring (bicyclic) bond motifs is 1. The van der Waals surface area contributed by atoms with Crippen LogP contribution in [0, 0.1) is 0 Å². The molecule has 1 aromatic carbocycles. The van der Waals surface area contributed by atoms with E-state index in [-0.39, 0.29) is 0 Å². The number of hydrogen-bond acceptors (Lipinski definition) is 3. The van der Waals surface area contributed by atoms with Crippen molar-refractivity contribution in [1.82, 2.24) is 14.8 Å². The van der Waals surface area contributed by atoms with Crippen molar-refractivity contribution in [2.24, 2.45) is 7.05 Å². The Kier molecular flexibility index (Phi) is 2.41. The molecule has 0 radical (unpaired) electrons. The van der Waals surface area contributed by atoms with Crippen LogP contribution in [0.25, 0.3) is 22.2 Å². The number of carbonyl (C=O) groups excluding carboxylic acids is 1. The van der Waals surface area contributed by atoms with Gasteiger partial charge in [0.05, 0.1) is 5.52 Å². The molecule has 2 aromatic heterocycles. The van der Waals surface area contributed by atoms with Crippen molar-refractivity contribution in [2.45, 2.75) is 0 Å². The fourth-order valence-corrected chi connectivity index (χ4v) is 2.12. The Labute approximate surface area is 104 Å². The molecule has 0 unspecified atom stereocenters. The molecule has 0 amide bonds. The highest BCUT2D eigenvalue weighted by molar-refractivity contribution is 5.97. The number of pyridine rings is 1. The fourth-order valence-electron chi connectivity index (χ4n) is 2.12. The van der Waals surface area contributed by atoms with E-state index in [0.29, 0.717) is 5.69 Å². The van der Waals surface area contributed by atoms with Crippen LogP contribution >= 0.6 is 0 Å². The molecule has 0 fully saturated rings. The van der Waals surface area contributed by atoms with Gasteiger partial charge in [-0.15, -0.1) is 0 Å². The molecular weight excluding hydrogens is 226 g/mol. The Balaban J connectivity index is 2.35. The maximum atomic E-state index is 11.0. The fraction of sp³-hybridized carbons (Fsp3) is 0.0714. The Hall–Kier alpha value is -2.49. The first kappa shape index (κ1) is 10.7. The summed E-state index contributed by atoms with van der Waals surface area (Å²) < 4.78 is 1.81. The minimum atomic E-state index is 0.418. The molecule has 0 aliphatic rings. The number of aromatic nitrogens is 3. The molecule has 3 rings (SSSR count). The van der Waals surface area contributed by atoms with Crippen LogP contribution < -0.4 is 0 Å². The topological polar surface area (TPSA) is 47.8 Å². The maximum absolute atomic E-state index is 11.0. The lowest BCUT2D eigenvalue weighted by Gasteiger charge is -2.00. The van der Waals surface area contributed by atoms with Crippen LogP contribution in [0.15, 0.2) is 42.6 Å². The van der Waals surface area contributed by atoms with Crippen LogP contribution in [0.1, 0.15) is 10.5 Å². The number of nitrogens with zero attached hydrogens (tertiary/aromatic N) is 3. The number of para-hydroxylation sites is 1. The normalized spacial score (nSPS) is 10.7.